The van der Waals surface area contributed by atoms with Gasteiger partial charge in [-0.2, -0.15) is 0 Å². The Morgan fingerprint density at radius 3 is 2.06 bits per heavy atom. The monoisotopic (exact) mass is 236 g/mol. The van der Waals surface area contributed by atoms with Crippen molar-refractivity contribution in [2.24, 2.45) is 0 Å². The molecule has 1 saturated heterocycles. The zero-order chi connectivity index (χ0) is 11.9. The van der Waals surface area contributed by atoms with E-state index >= 15 is 0 Å². The molecule has 0 amide bonds. The van der Waals surface area contributed by atoms with Gasteiger partial charge >= 0.3 is 0 Å². The lowest BCUT2D eigenvalue weighted by molar-refractivity contribution is 0.581. The summed E-state index contributed by atoms with van der Waals surface area (Å²) in [6.45, 7) is 2.22. The highest BCUT2D eigenvalue weighted by molar-refractivity contribution is 6.08. The molecule has 1 aliphatic rings. The van der Waals surface area contributed by atoms with Crippen molar-refractivity contribution in [3.05, 3.63) is 48.5 Å². The minimum atomic E-state index is 0.592. The molecular formula is C16H16N2. The van der Waals surface area contributed by atoms with E-state index < -0.39 is 0 Å². The highest BCUT2D eigenvalue weighted by Gasteiger charge is 2.20. The van der Waals surface area contributed by atoms with E-state index in [1.807, 2.05) is 0 Å². The van der Waals surface area contributed by atoms with E-state index in [0.717, 1.165) is 13.1 Å². The molecule has 1 aliphatic heterocycles. The maximum Gasteiger partial charge on any atom is 0.0494 e. The van der Waals surface area contributed by atoms with Crippen molar-refractivity contribution in [2.45, 2.75) is 12.5 Å². The highest BCUT2D eigenvalue weighted by atomic mass is 15.1. The van der Waals surface area contributed by atoms with Crippen LogP contribution in [0.4, 0.5) is 0 Å². The van der Waals surface area contributed by atoms with Gasteiger partial charge in [0, 0.05) is 34.4 Å². The molecule has 18 heavy (non-hydrogen) atoms. The molecular weight excluding hydrogens is 220 g/mol. The van der Waals surface area contributed by atoms with Gasteiger partial charge in [0.1, 0.15) is 0 Å². The van der Waals surface area contributed by atoms with Gasteiger partial charge in [0.15, 0.2) is 0 Å². The van der Waals surface area contributed by atoms with Crippen LogP contribution in [0.15, 0.2) is 48.5 Å². The molecule has 2 aromatic carbocycles. The number of rotatable bonds is 1. The van der Waals surface area contributed by atoms with Gasteiger partial charge in [-0.25, -0.2) is 0 Å². The van der Waals surface area contributed by atoms with Crippen molar-refractivity contribution in [3.63, 3.8) is 0 Å². The second-order valence-electron chi connectivity index (χ2n) is 5.05. The average molecular weight is 236 g/mol. The maximum absolute atomic E-state index is 3.47. The van der Waals surface area contributed by atoms with Crippen molar-refractivity contribution in [3.8, 4) is 0 Å². The predicted octanol–water partition coefficient (Wildman–Crippen LogP) is 3.33. The van der Waals surface area contributed by atoms with Gasteiger partial charge in [-0.1, -0.05) is 36.4 Å². The summed E-state index contributed by atoms with van der Waals surface area (Å²) < 4.78 is 2.52. The van der Waals surface area contributed by atoms with Crippen molar-refractivity contribution >= 4 is 21.8 Å². The first-order chi connectivity index (χ1) is 8.95. The Morgan fingerprint density at radius 2 is 1.50 bits per heavy atom. The van der Waals surface area contributed by atoms with E-state index in [2.05, 4.69) is 58.4 Å². The first-order valence-corrected chi connectivity index (χ1v) is 6.63. The van der Waals surface area contributed by atoms with Crippen LogP contribution in [0.3, 0.4) is 0 Å². The maximum atomic E-state index is 3.47. The first kappa shape index (κ1) is 10.2. The Kier molecular flexibility index (Phi) is 2.17. The number of nitrogens with zero attached hydrogens (tertiary/aromatic N) is 1. The summed E-state index contributed by atoms with van der Waals surface area (Å²) in [6.07, 6.45) is 1.22. The lowest BCUT2D eigenvalue weighted by atomic mass is 10.2. The van der Waals surface area contributed by atoms with Crippen LogP contribution >= 0.6 is 0 Å². The van der Waals surface area contributed by atoms with E-state index in [1.54, 1.807) is 0 Å². The molecule has 1 unspecified atom stereocenters. The molecule has 2 heteroatoms. The number of benzene rings is 2. The smallest absolute Gasteiger partial charge is 0.0494 e. The topological polar surface area (TPSA) is 17.0 Å². The number of hydrogen-bond acceptors (Lipinski definition) is 1. The van der Waals surface area contributed by atoms with E-state index in [4.69, 9.17) is 0 Å². The lowest BCUT2D eigenvalue weighted by Crippen LogP contribution is -2.13. The van der Waals surface area contributed by atoms with Gasteiger partial charge in [-0.3, -0.25) is 0 Å². The molecule has 0 saturated carbocycles. The van der Waals surface area contributed by atoms with Gasteiger partial charge < -0.3 is 9.88 Å². The minimum absolute atomic E-state index is 0.592. The Hall–Kier alpha value is -1.80. The van der Waals surface area contributed by atoms with Crippen LogP contribution in [0.5, 0.6) is 0 Å². The Bertz CT molecular complexity index is 652. The zero-order valence-corrected chi connectivity index (χ0v) is 10.3. The summed E-state index contributed by atoms with van der Waals surface area (Å²) >= 11 is 0. The molecule has 90 valence electrons. The van der Waals surface area contributed by atoms with Crippen LogP contribution in [0.1, 0.15) is 12.5 Å². The minimum Gasteiger partial charge on any atom is -0.336 e. The second kappa shape index (κ2) is 3.85. The van der Waals surface area contributed by atoms with Gasteiger partial charge in [0.25, 0.3) is 0 Å². The van der Waals surface area contributed by atoms with Crippen LogP contribution in [-0.2, 0) is 0 Å². The van der Waals surface area contributed by atoms with Crippen LogP contribution in [-0.4, -0.2) is 17.7 Å². The third kappa shape index (κ3) is 1.33. The zero-order valence-electron chi connectivity index (χ0n) is 10.3. The number of fused-ring (bicyclic) bond motifs is 3. The second-order valence-corrected chi connectivity index (χ2v) is 5.05. The van der Waals surface area contributed by atoms with Gasteiger partial charge in [0.05, 0.1) is 0 Å². The van der Waals surface area contributed by atoms with Crippen LogP contribution < -0.4 is 5.32 Å². The third-order valence-corrected chi connectivity index (χ3v) is 4.02. The molecule has 3 aromatic rings. The molecule has 0 bridgehead atoms. The van der Waals surface area contributed by atoms with Gasteiger partial charge in [-0.05, 0) is 25.1 Å². The molecule has 1 aromatic heterocycles. The van der Waals surface area contributed by atoms with Gasteiger partial charge in [0.2, 0.25) is 0 Å². The fourth-order valence-corrected chi connectivity index (χ4v) is 3.21. The first-order valence-electron chi connectivity index (χ1n) is 6.63. The number of nitrogens with one attached hydrogen (secondary N) is 1. The van der Waals surface area contributed by atoms with E-state index in [1.165, 1.54) is 28.2 Å². The molecule has 1 N–H and O–H groups in total. The average Bonchev–Trinajstić information content (AvgIpc) is 3.03. The van der Waals surface area contributed by atoms with Crippen molar-refractivity contribution in [1.82, 2.24) is 9.88 Å². The summed E-state index contributed by atoms with van der Waals surface area (Å²) in [6, 6.07) is 18.1. The summed E-state index contributed by atoms with van der Waals surface area (Å²) in [5.74, 6) is 0. The lowest BCUT2D eigenvalue weighted by Gasteiger charge is -2.14. The summed E-state index contributed by atoms with van der Waals surface area (Å²) in [5.41, 5.74) is 2.74. The number of para-hydroxylation sites is 2. The summed E-state index contributed by atoms with van der Waals surface area (Å²) in [4.78, 5) is 0. The van der Waals surface area contributed by atoms with Crippen LogP contribution in [0.25, 0.3) is 21.8 Å². The third-order valence-electron chi connectivity index (χ3n) is 4.02. The van der Waals surface area contributed by atoms with Crippen LogP contribution in [0.2, 0.25) is 0 Å². The summed E-state index contributed by atoms with van der Waals surface area (Å²) in [5, 5.41) is 6.22. The molecule has 1 fully saturated rings. The molecule has 0 aliphatic carbocycles. The predicted molar refractivity (Wildman–Crippen MR) is 76.0 cm³/mol. The summed E-state index contributed by atoms with van der Waals surface area (Å²) in [7, 11) is 0. The standard InChI is InChI=1S/C16H16N2/c1-3-7-15-13(5-1)14-6-2-4-8-16(14)18(15)12-9-10-17-11-12/h1-8,12,17H,9-11H2. The fraction of sp³-hybridized carbons (Fsp3) is 0.250. The SMILES string of the molecule is c1ccc2c(c1)c1ccccc1n2C1CCNC1. The molecule has 2 nitrogen and oxygen atoms in total. The number of hydrogen-bond donors (Lipinski definition) is 1. The molecule has 0 radical (unpaired) electrons. The Morgan fingerprint density at radius 1 is 0.889 bits per heavy atom. The van der Waals surface area contributed by atoms with E-state index in [-0.39, 0.29) is 0 Å². The number of aromatic nitrogens is 1. The Balaban J connectivity index is 2.13. The van der Waals surface area contributed by atoms with Crippen molar-refractivity contribution in [1.29, 1.82) is 0 Å². The molecule has 4 rings (SSSR count). The molecule has 2 heterocycles. The quantitative estimate of drug-likeness (QED) is 0.685. The van der Waals surface area contributed by atoms with Crippen LogP contribution in [0, 0.1) is 0 Å². The van der Waals surface area contributed by atoms with Crippen molar-refractivity contribution in [2.75, 3.05) is 13.1 Å². The molecule has 0 spiro atoms. The van der Waals surface area contributed by atoms with E-state index in [0.29, 0.717) is 6.04 Å². The van der Waals surface area contributed by atoms with Crippen molar-refractivity contribution < 1.29 is 0 Å². The van der Waals surface area contributed by atoms with E-state index in [9.17, 15) is 0 Å². The fourth-order valence-electron chi connectivity index (χ4n) is 3.21. The normalized spacial score (nSPS) is 19.9. The van der Waals surface area contributed by atoms with Gasteiger partial charge in [-0.15, -0.1) is 0 Å². The Labute approximate surface area is 106 Å². The highest BCUT2D eigenvalue weighted by Crippen LogP contribution is 2.33. The molecule has 1 atom stereocenters. The largest absolute Gasteiger partial charge is 0.336 e.